The van der Waals surface area contributed by atoms with Crippen molar-refractivity contribution in [2.45, 2.75) is 32.0 Å². The number of nitrogens with two attached hydrogens (primary N) is 1. The van der Waals surface area contributed by atoms with Gasteiger partial charge in [0.15, 0.2) is 0 Å². The fraction of sp³-hybridized carbons (Fsp3) is 0.333. The van der Waals surface area contributed by atoms with E-state index in [1.807, 2.05) is 13.0 Å². The molecule has 0 saturated heterocycles. The van der Waals surface area contributed by atoms with E-state index in [4.69, 9.17) is 10.5 Å². The molecule has 0 aliphatic heterocycles. The SMILES string of the molecule is CCOCc1ccccc1NC1CC(N)c2ccccc21. The molecule has 2 aromatic carbocycles. The lowest BCUT2D eigenvalue weighted by Crippen LogP contribution is -2.11. The van der Waals surface area contributed by atoms with E-state index < -0.39 is 0 Å². The highest BCUT2D eigenvalue weighted by molar-refractivity contribution is 5.54. The van der Waals surface area contributed by atoms with Crippen molar-refractivity contribution >= 4 is 5.69 Å². The van der Waals surface area contributed by atoms with Gasteiger partial charge in [-0.1, -0.05) is 42.5 Å². The predicted molar refractivity (Wildman–Crippen MR) is 86.1 cm³/mol. The Kier molecular flexibility index (Phi) is 4.23. The van der Waals surface area contributed by atoms with Crippen LogP contribution in [-0.4, -0.2) is 6.61 Å². The van der Waals surface area contributed by atoms with E-state index in [9.17, 15) is 0 Å². The van der Waals surface area contributed by atoms with Crippen LogP contribution in [0.15, 0.2) is 48.5 Å². The normalized spacial score (nSPS) is 20.3. The van der Waals surface area contributed by atoms with Gasteiger partial charge >= 0.3 is 0 Å². The molecule has 3 nitrogen and oxygen atoms in total. The number of fused-ring (bicyclic) bond motifs is 1. The summed E-state index contributed by atoms with van der Waals surface area (Å²) < 4.78 is 5.55. The molecule has 1 aliphatic rings. The van der Waals surface area contributed by atoms with Gasteiger partial charge in [0, 0.05) is 23.9 Å². The van der Waals surface area contributed by atoms with Gasteiger partial charge in [0.2, 0.25) is 0 Å². The monoisotopic (exact) mass is 282 g/mol. The molecule has 0 bridgehead atoms. The molecule has 2 aromatic rings. The molecule has 0 spiro atoms. The smallest absolute Gasteiger partial charge is 0.0736 e. The Labute approximate surface area is 126 Å². The maximum Gasteiger partial charge on any atom is 0.0736 e. The molecule has 2 unspecified atom stereocenters. The molecular weight excluding hydrogens is 260 g/mol. The van der Waals surface area contributed by atoms with E-state index in [1.165, 1.54) is 16.7 Å². The zero-order chi connectivity index (χ0) is 14.7. The standard InChI is InChI=1S/C18H22N2O/c1-2-21-12-13-7-3-6-10-17(13)20-18-11-16(19)14-8-4-5-9-15(14)18/h3-10,16,18,20H,2,11-12,19H2,1H3. The highest BCUT2D eigenvalue weighted by atomic mass is 16.5. The third-order valence-corrected chi connectivity index (χ3v) is 4.07. The fourth-order valence-corrected chi connectivity index (χ4v) is 3.00. The van der Waals surface area contributed by atoms with Crippen molar-refractivity contribution in [1.29, 1.82) is 0 Å². The van der Waals surface area contributed by atoms with Crippen molar-refractivity contribution in [2.75, 3.05) is 11.9 Å². The summed E-state index contributed by atoms with van der Waals surface area (Å²) in [6.07, 6.45) is 0.933. The Morgan fingerprint density at radius 2 is 1.81 bits per heavy atom. The number of para-hydroxylation sites is 1. The number of anilines is 1. The first-order valence-electron chi connectivity index (χ1n) is 7.56. The summed E-state index contributed by atoms with van der Waals surface area (Å²) in [4.78, 5) is 0. The van der Waals surface area contributed by atoms with E-state index in [2.05, 4.69) is 47.8 Å². The minimum atomic E-state index is 0.123. The van der Waals surface area contributed by atoms with Crippen LogP contribution in [0.4, 0.5) is 5.69 Å². The van der Waals surface area contributed by atoms with Gasteiger partial charge in [-0.2, -0.15) is 0 Å². The second kappa shape index (κ2) is 6.29. The van der Waals surface area contributed by atoms with Gasteiger partial charge in [0.05, 0.1) is 12.6 Å². The first-order valence-corrected chi connectivity index (χ1v) is 7.56. The van der Waals surface area contributed by atoms with Gasteiger partial charge in [0.1, 0.15) is 0 Å². The number of rotatable bonds is 5. The van der Waals surface area contributed by atoms with Crippen LogP contribution >= 0.6 is 0 Å². The predicted octanol–water partition coefficient (Wildman–Crippen LogP) is 3.78. The quantitative estimate of drug-likeness (QED) is 0.877. The van der Waals surface area contributed by atoms with E-state index >= 15 is 0 Å². The molecular formula is C18H22N2O. The fourth-order valence-electron chi connectivity index (χ4n) is 3.00. The molecule has 3 N–H and O–H groups in total. The van der Waals surface area contributed by atoms with Gasteiger partial charge in [-0.3, -0.25) is 0 Å². The molecule has 110 valence electrons. The average molecular weight is 282 g/mol. The molecule has 3 rings (SSSR count). The molecule has 1 aliphatic carbocycles. The van der Waals surface area contributed by atoms with Crippen molar-refractivity contribution in [2.24, 2.45) is 5.73 Å². The Bertz CT molecular complexity index is 612. The maximum absolute atomic E-state index is 6.24. The Balaban J connectivity index is 1.82. The summed E-state index contributed by atoms with van der Waals surface area (Å²) in [5.74, 6) is 0. The highest BCUT2D eigenvalue weighted by Gasteiger charge is 2.28. The molecule has 0 radical (unpaired) electrons. The van der Waals surface area contributed by atoms with Crippen molar-refractivity contribution in [1.82, 2.24) is 0 Å². The van der Waals surface area contributed by atoms with E-state index in [-0.39, 0.29) is 12.1 Å². The molecule has 2 atom stereocenters. The second-order valence-electron chi connectivity index (χ2n) is 5.46. The van der Waals surface area contributed by atoms with Crippen molar-refractivity contribution < 1.29 is 4.74 Å². The number of nitrogens with one attached hydrogen (secondary N) is 1. The minimum Gasteiger partial charge on any atom is -0.378 e. The van der Waals surface area contributed by atoms with E-state index in [1.54, 1.807) is 0 Å². The molecule has 0 heterocycles. The van der Waals surface area contributed by atoms with Crippen LogP contribution in [0.5, 0.6) is 0 Å². The van der Waals surface area contributed by atoms with Crippen LogP contribution in [-0.2, 0) is 11.3 Å². The van der Waals surface area contributed by atoms with E-state index in [0.29, 0.717) is 6.61 Å². The van der Waals surface area contributed by atoms with Gasteiger partial charge < -0.3 is 15.8 Å². The minimum absolute atomic E-state index is 0.123. The molecule has 3 heteroatoms. The third kappa shape index (κ3) is 2.94. The Morgan fingerprint density at radius 1 is 1.10 bits per heavy atom. The highest BCUT2D eigenvalue weighted by Crippen LogP contribution is 2.39. The van der Waals surface area contributed by atoms with Crippen molar-refractivity contribution in [3.8, 4) is 0 Å². The summed E-state index contributed by atoms with van der Waals surface area (Å²) in [5.41, 5.74) is 11.2. The lowest BCUT2D eigenvalue weighted by Gasteiger charge is -2.18. The molecule has 0 aromatic heterocycles. The first kappa shape index (κ1) is 14.1. The van der Waals surface area contributed by atoms with Crippen molar-refractivity contribution in [3.05, 3.63) is 65.2 Å². The van der Waals surface area contributed by atoms with Gasteiger partial charge in [-0.15, -0.1) is 0 Å². The first-order chi connectivity index (χ1) is 10.3. The number of ether oxygens (including phenoxy) is 1. The Hall–Kier alpha value is -1.84. The lowest BCUT2D eigenvalue weighted by molar-refractivity contribution is 0.134. The lowest BCUT2D eigenvalue weighted by atomic mass is 10.1. The molecule has 0 fully saturated rings. The van der Waals surface area contributed by atoms with Crippen molar-refractivity contribution in [3.63, 3.8) is 0 Å². The largest absolute Gasteiger partial charge is 0.378 e. The summed E-state index contributed by atoms with van der Waals surface area (Å²) in [7, 11) is 0. The van der Waals surface area contributed by atoms with E-state index in [0.717, 1.165) is 18.7 Å². The average Bonchev–Trinajstić information content (AvgIpc) is 2.83. The Morgan fingerprint density at radius 3 is 2.62 bits per heavy atom. The number of benzene rings is 2. The zero-order valence-corrected chi connectivity index (χ0v) is 12.4. The zero-order valence-electron chi connectivity index (χ0n) is 12.4. The number of hydrogen-bond acceptors (Lipinski definition) is 3. The van der Waals surface area contributed by atoms with Gasteiger partial charge in [0.25, 0.3) is 0 Å². The number of hydrogen-bond donors (Lipinski definition) is 2. The van der Waals surface area contributed by atoms with Crippen LogP contribution < -0.4 is 11.1 Å². The van der Waals surface area contributed by atoms with Crippen LogP contribution in [0.25, 0.3) is 0 Å². The van der Waals surface area contributed by atoms with Gasteiger partial charge in [-0.05, 0) is 30.5 Å². The summed E-state index contributed by atoms with van der Waals surface area (Å²) in [5, 5.41) is 3.64. The maximum atomic E-state index is 6.24. The summed E-state index contributed by atoms with van der Waals surface area (Å²) >= 11 is 0. The topological polar surface area (TPSA) is 47.3 Å². The van der Waals surface area contributed by atoms with Crippen LogP contribution in [0.1, 0.15) is 42.1 Å². The second-order valence-corrected chi connectivity index (χ2v) is 5.46. The van der Waals surface area contributed by atoms with Crippen LogP contribution in [0.2, 0.25) is 0 Å². The van der Waals surface area contributed by atoms with Crippen LogP contribution in [0.3, 0.4) is 0 Å². The third-order valence-electron chi connectivity index (χ3n) is 4.07. The van der Waals surface area contributed by atoms with Gasteiger partial charge in [-0.25, -0.2) is 0 Å². The molecule has 0 saturated carbocycles. The van der Waals surface area contributed by atoms with Crippen LogP contribution in [0, 0.1) is 0 Å². The summed E-state index contributed by atoms with van der Waals surface area (Å²) in [6, 6.07) is 17.2. The molecule has 0 amide bonds. The molecule has 21 heavy (non-hydrogen) atoms. The summed E-state index contributed by atoms with van der Waals surface area (Å²) in [6.45, 7) is 3.38.